The van der Waals surface area contributed by atoms with Crippen LogP contribution in [0, 0.1) is 5.41 Å². The Morgan fingerprint density at radius 1 is 1.33 bits per heavy atom. The molecule has 1 aliphatic rings. The van der Waals surface area contributed by atoms with Crippen LogP contribution in [-0.4, -0.2) is 47.9 Å². The number of unbranched alkanes of at least 4 members (excludes halogenated alkanes) is 1. The molecule has 18 heavy (non-hydrogen) atoms. The summed E-state index contributed by atoms with van der Waals surface area (Å²) in [5, 5.41) is 2.80. The van der Waals surface area contributed by atoms with E-state index in [1.807, 2.05) is 32.5 Å². The summed E-state index contributed by atoms with van der Waals surface area (Å²) in [5.74, 6) is 1.13. The summed E-state index contributed by atoms with van der Waals surface area (Å²) < 4.78 is 0. The van der Waals surface area contributed by atoms with E-state index in [1.165, 1.54) is 0 Å². The minimum Gasteiger partial charge on any atom is -0.342 e. The fourth-order valence-corrected chi connectivity index (χ4v) is 2.52. The summed E-state index contributed by atoms with van der Waals surface area (Å²) in [4.78, 5) is 25.6. The lowest BCUT2D eigenvalue weighted by Crippen LogP contribution is -2.62. The van der Waals surface area contributed by atoms with Crippen LogP contribution in [0.5, 0.6) is 0 Å². The lowest BCUT2D eigenvalue weighted by molar-refractivity contribution is -0.147. The zero-order chi connectivity index (χ0) is 13.8. The highest BCUT2D eigenvalue weighted by Crippen LogP contribution is 2.23. The summed E-state index contributed by atoms with van der Waals surface area (Å²) in [6.45, 7) is 6.84. The molecule has 0 aromatic heterocycles. The second kappa shape index (κ2) is 6.45. The molecule has 1 saturated heterocycles. The van der Waals surface area contributed by atoms with Gasteiger partial charge in [-0.05, 0) is 30.3 Å². The van der Waals surface area contributed by atoms with Gasteiger partial charge in [-0.25, -0.2) is 0 Å². The summed E-state index contributed by atoms with van der Waals surface area (Å²) in [5.41, 5.74) is -0.231. The van der Waals surface area contributed by atoms with Crippen LogP contribution < -0.4 is 5.32 Å². The fourth-order valence-electron chi connectivity index (χ4n) is 2.03. The molecule has 1 aliphatic heterocycles. The van der Waals surface area contributed by atoms with E-state index in [9.17, 15) is 9.59 Å². The predicted octanol–water partition coefficient (Wildman–Crippen LogP) is 1.50. The van der Waals surface area contributed by atoms with Gasteiger partial charge in [0, 0.05) is 6.54 Å². The normalized spacial score (nSPS) is 21.1. The monoisotopic (exact) mass is 272 g/mol. The first-order valence-corrected chi connectivity index (χ1v) is 7.82. The van der Waals surface area contributed by atoms with E-state index in [4.69, 9.17) is 0 Å². The number of carbonyl (C=O) groups excluding carboxylic acids is 2. The maximum atomic E-state index is 12.3. The molecule has 1 atom stereocenters. The number of amides is 2. The van der Waals surface area contributed by atoms with E-state index >= 15 is 0 Å². The Balaban J connectivity index is 2.57. The first kappa shape index (κ1) is 15.3. The van der Waals surface area contributed by atoms with Crippen LogP contribution in [0.25, 0.3) is 0 Å². The lowest BCUT2D eigenvalue weighted by Gasteiger charge is -2.38. The van der Waals surface area contributed by atoms with Gasteiger partial charge in [-0.1, -0.05) is 20.8 Å². The number of hydrogen-bond donors (Lipinski definition) is 1. The second-order valence-corrected chi connectivity index (χ2v) is 6.81. The molecule has 1 unspecified atom stereocenters. The number of carbonyl (C=O) groups is 2. The van der Waals surface area contributed by atoms with Crippen molar-refractivity contribution in [3.63, 3.8) is 0 Å². The summed E-state index contributed by atoms with van der Waals surface area (Å²) in [6.07, 6.45) is 4.14. The van der Waals surface area contributed by atoms with Crippen LogP contribution in [0.1, 0.15) is 33.6 Å². The summed E-state index contributed by atoms with van der Waals surface area (Å²) in [7, 11) is 0. The van der Waals surface area contributed by atoms with Crippen molar-refractivity contribution < 1.29 is 9.59 Å². The van der Waals surface area contributed by atoms with Gasteiger partial charge in [0.25, 0.3) is 0 Å². The predicted molar refractivity (Wildman–Crippen MR) is 75.6 cm³/mol. The number of thioether (sulfide) groups is 1. The third-order valence-corrected chi connectivity index (χ3v) is 3.79. The van der Waals surface area contributed by atoms with Crippen LogP contribution >= 0.6 is 11.8 Å². The summed E-state index contributed by atoms with van der Waals surface area (Å²) >= 11 is 1.81. The highest BCUT2D eigenvalue weighted by atomic mass is 32.2. The molecule has 1 heterocycles. The highest BCUT2D eigenvalue weighted by molar-refractivity contribution is 7.98. The molecular weight excluding hydrogens is 248 g/mol. The average molecular weight is 272 g/mol. The topological polar surface area (TPSA) is 49.4 Å². The highest BCUT2D eigenvalue weighted by Gasteiger charge is 2.39. The number of rotatable bonds is 5. The van der Waals surface area contributed by atoms with Crippen LogP contribution in [-0.2, 0) is 9.59 Å². The number of nitrogens with one attached hydrogen (secondary N) is 1. The largest absolute Gasteiger partial charge is 0.342 e. The quantitative estimate of drug-likeness (QED) is 0.772. The van der Waals surface area contributed by atoms with Gasteiger partial charge in [-0.15, -0.1) is 0 Å². The third-order valence-electron chi connectivity index (χ3n) is 3.09. The first-order chi connectivity index (χ1) is 8.36. The van der Waals surface area contributed by atoms with Crippen molar-refractivity contribution in [1.82, 2.24) is 10.2 Å². The van der Waals surface area contributed by atoms with Gasteiger partial charge in [0.15, 0.2) is 0 Å². The Bertz CT molecular complexity index is 313. The van der Waals surface area contributed by atoms with Gasteiger partial charge in [0.05, 0.1) is 6.54 Å². The number of hydrogen-bond acceptors (Lipinski definition) is 3. The Kier molecular flexibility index (Phi) is 5.50. The van der Waals surface area contributed by atoms with Crippen molar-refractivity contribution in [2.24, 2.45) is 5.41 Å². The molecule has 4 nitrogen and oxygen atoms in total. The van der Waals surface area contributed by atoms with E-state index in [-0.39, 0.29) is 29.8 Å². The second-order valence-electron chi connectivity index (χ2n) is 5.83. The van der Waals surface area contributed by atoms with Gasteiger partial charge < -0.3 is 10.2 Å². The SMILES string of the molecule is CSCCCCN1CC(=O)NC(C(C)(C)C)C1=O. The zero-order valence-electron chi connectivity index (χ0n) is 11.8. The maximum absolute atomic E-state index is 12.3. The molecule has 5 heteroatoms. The zero-order valence-corrected chi connectivity index (χ0v) is 12.6. The Labute approximate surface area is 114 Å². The Morgan fingerprint density at radius 2 is 2.00 bits per heavy atom. The molecule has 0 saturated carbocycles. The van der Waals surface area contributed by atoms with Crippen LogP contribution in [0.2, 0.25) is 0 Å². The van der Waals surface area contributed by atoms with Crippen molar-refractivity contribution in [3.05, 3.63) is 0 Å². The molecule has 0 radical (unpaired) electrons. The Morgan fingerprint density at radius 3 is 2.56 bits per heavy atom. The van der Waals surface area contributed by atoms with E-state index in [2.05, 4.69) is 11.6 Å². The molecule has 1 N–H and O–H groups in total. The molecule has 1 rings (SSSR count). The number of nitrogens with zero attached hydrogens (tertiary/aromatic N) is 1. The number of piperazine rings is 1. The molecule has 0 bridgehead atoms. The van der Waals surface area contributed by atoms with Gasteiger partial charge in [0.1, 0.15) is 6.04 Å². The third kappa shape index (κ3) is 4.19. The molecule has 0 aromatic carbocycles. The molecule has 0 aromatic rings. The van der Waals surface area contributed by atoms with E-state index in [0.29, 0.717) is 6.54 Å². The van der Waals surface area contributed by atoms with Crippen LogP contribution in [0.3, 0.4) is 0 Å². The summed E-state index contributed by atoms with van der Waals surface area (Å²) in [6, 6.07) is -0.390. The maximum Gasteiger partial charge on any atom is 0.246 e. The van der Waals surface area contributed by atoms with Crippen molar-refractivity contribution in [2.45, 2.75) is 39.7 Å². The Hall–Kier alpha value is -0.710. The van der Waals surface area contributed by atoms with Crippen molar-refractivity contribution in [2.75, 3.05) is 25.1 Å². The van der Waals surface area contributed by atoms with Crippen molar-refractivity contribution in [1.29, 1.82) is 0 Å². The minimum atomic E-state index is -0.390. The van der Waals surface area contributed by atoms with E-state index in [1.54, 1.807) is 4.90 Å². The molecule has 0 spiro atoms. The molecule has 2 amide bonds. The molecule has 0 aliphatic carbocycles. The fraction of sp³-hybridized carbons (Fsp3) is 0.846. The van der Waals surface area contributed by atoms with Gasteiger partial charge in [0.2, 0.25) is 11.8 Å². The average Bonchev–Trinajstić information content (AvgIpc) is 2.27. The van der Waals surface area contributed by atoms with Gasteiger partial charge >= 0.3 is 0 Å². The molecular formula is C13H24N2O2S. The van der Waals surface area contributed by atoms with Gasteiger partial charge in [-0.3, -0.25) is 9.59 Å². The van der Waals surface area contributed by atoms with Gasteiger partial charge in [-0.2, -0.15) is 11.8 Å². The lowest BCUT2D eigenvalue weighted by atomic mass is 9.84. The first-order valence-electron chi connectivity index (χ1n) is 6.43. The van der Waals surface area contributed by atoms with Crippen molar-refractivity contribution in [3.8, 4) is 0 Å². The van der Waals surface area contributed by atoms with Crippen molar-refractivity contribution >= 4 is 23.6 Å². The standard InChI is InChI=1S/C13H24N2O2S/c1-13(2,3)11-12(17)15(9-10(16)14-11)7-5-6-8-18-4/h11H,5-9H2,1-4H3,(H,14,16). The van der Waals surface area contributed by atoms with Crippen LogP contribution in [0.15, 0.2) is 0 Å². The molecule has 104 valence electrons. The minimum absolute atomic E-state index is 0.0422. The van der Waals surface area contributed by atoms with E-state index in [0.717, 1.165) is 18.6 Å². The smallest absolute Gasteiger partial charge is 0.246 e. The van der Waals surface area contributed by atoms with E-state index < -0.39 is 0 Å². The van der Waals surface area contributed by atoms with Crippen LogP contribution in [0.4, 0.5) is 0 Å². The molecule has 1 fully saturated rings.